The Morgan fingerprint density at radius 1 is 1.25 bits per heavy atom. The molecule has 4 rings (SSSR count). The lowest BCUT2D eigenvalue weighted by atomic mass is 9.93. The number of nitrogens with zero attached hydrogens (tertiary/aromatic N) is 3. The molecule has 4 heterocycles. The van der Waals surface area contributed by atoms with E-state index in [1.807, 2.05) is 25.7 Å². The van der Waals surface area contributed by atoms with E-state index in [0.29, 0.717) is 26.1 Å². The molecule has 0 aliphatic carbocycles. The van der Waals surface area contributed by atoms with Crippen molar-refractivity contribution in [3.63, 3.8) is 0 Å². The van der Waals surface area contributed by atoms with E-state index in [1.165, 1.54) is 4.31 Å². The summed E-state index contributed by atoms with van der Waals surface area (Å²) in [6.07, 6.45) is 2.20. The summed E-state index contributed by atoms with van der Waals surface area (Å²) >= 11 is 0. The Kier molecular flexibility index (Phi) is 4.70. The van der Waals surface area contributed by atoms with E-state index in [4.69, 9.17) is 4.52 Å². The molecule has 3 aliphatic heterocycles. The molecule has 3 saturated heterocycles. The molecular weight excluding hydrogens is 330 g/mol. The Morgan fingerprint density at radius 2 is 2.00 bits per heavy atom. The average molecular weight is 355 g/mol. The summed E-state index contributed by atoms with van der Waals surface area (Å²) in [6, 6.07) is -0.0726. The fourth-order valence-corrected chi connectivity index (χ4v) is 5.30. The van der Waals surface area contributed by atoms with Gasteiger partial charge in [0, 0.05) is 24.7 Å². The number of aromatic nitrogens is 1. The van der Waals surface area contributed by atoms with E-state index in [9.17, 15) is 13.2 Å². The Labute approximate surface area is 143 Å². The van der Waals surface area contributed by atoms with Crippen LogP contribution in [0.3, 0.4) is 0 Å². The molecule has 0 N–H and O–H groups in total. The summed E-state index contributed by atoms with van der Waals surface area (Å²) in [5, 5.41) is 3.95. The maximum absolute atomic E-state index is 12.8. The number of aryl methyl sites for hydroxylation is 2. The van der Waals surface area contributed by atoms with Gasteiger partial charge in [0.05, 0.1) is 23.9 Å². The van der Waals surface area contributed by atoms with E-state index < -0.39 is 10.0 Å². The van der Waals surface area contributed by atoms with Crippen LogP contribution in [0.4, 0.5) is 0 Å². The molecule has 8 heteroatoms. The van der Waals surface area contributed by atoms with Gasteiger partial charge in [-0.3, -0.25) is 4.79 Å². The minimum atomic E-state index is -3.28. The van der Waals surface area contributed by atoms with Gasteiger partial charge in [0.25, 0.3) is 0 Å². The van der Waals surface area contributed by atoms with Gasteiger partial charge in [-0.2, -0.15) is 4.31 Å². The lowest BCUT2D eigenvalue weighted by Crippen LogP contribution is -2.47. The molecule has 1 aromatic rings. The quantitative estimate of drug-likeness (QED) is 0.798. The van der Waals surface area contributed by atoms with Gasteiger partial charge >= 0.3 is 0 Å². The van der Waals surface area contributed by atoms with Crippen LogP contribution < -0.4 is 0 Å². The Bertz CT molecular complexity index is 708. The molecule has 0 aromatic carbocycles. The van der Waals surface area contributed by atoms with Crippen molar-refractivity contribution in [3.8, 4) is 0 Å². The highest BCUT2D eigenvalue weighted by Crippen LogP contribution is 2.32. The first-order chi connectivity index (χ1) is 11.3. The number of sulfonamides is 1. The molecule has 1 amide bonds. The predicted molar refractivity (Wildman–Crippen MR) is 88.7 cm³/mol. The van der Waals surface area contributed by atoms with Crippen molar-refractivity contribution in [2.75, 3.05) is 18.8 Å². The van der Waals surface area contributed by atoms with E-state index in [1.54, 1.807) is 0 Å². The first kappa shape index (κ1) is 17.4. The zero-order chi connectivity index (χ0) is 17.5. The third kappa shape index (κ3) is 3.09. The smallest absolute Gasteiger partial charge is 0.227 e. The number of hydrogen-bond acceptors (Lipinski definition) is 5. The van der Waals surface area contributed by atoms with E-state index in [-0.39, 0.29) is 23.6 Å². The molecule has 0 spiro atoms. The normalized spacial score (nSPS) is 25.3. The number of hydrogen-bond donors (Lipinski definition) is 0. The molecule has 24 heavy (non-hydrogen) atoms. The second-order valence-electron chi connectivity index (χ2n) is 6.83. The van der Waals surface area contributed by atoms with Crippen LogP contribution in [0.5, 0.6) is 0 Å². The van der Waals surface area contributed by atoms with E-state index in [0.717, 1.165) is 29.9 Å². The summed E-state index contributed by atoms with van der Waals surface area (Å²) in [5.41, 5.74) is 1.72. The Hall–Kier alpha value is -1.41. The number of fused-ring (bicyclic) bond motifs is 4. The first-order valence-corrected chi connectivity index (χ1v) is 10.1. The van der Waals surface area contributed by atoms with Gasteiger partial charge in [-0.1, -0.05) is 12.1 Å². The van der Waals surface area contributed by atoms with Crippen molar-refractivity contribution in [2.24, 2.45) is 5.92 Å². The van der Waals surface area contributed by atoms with Crippen LogP contribution in [0.1, 0.15) is 43.2 Å². The van der Waals surface area contributed by atoms with Gasteiger partial charge < -0.3 is 9.42 Å². The minimum absolute atomic E-state index is 0.0560. The molecule has 7 nitrogen and oxygen atoms in total. The fourth-order valence-electron chi connectivity index (χ4n) is 3.72. The second-order valence-corrected chi connectivity index (χ2v) is 8.92. The summed E-state index contributed by atoms with van der Waals surface area (Å²) in [6.45, 7) is 6.73. The van der Waals surface area contributed by atoms with Crippen molar-refractivity contribution in [2.45, 2.75) is 52.6 Å². The molecule has 2 atom stereocenters. The van der Waals surface area contributed by atoms with Gasteiger partial charge in [-0.05, 0) is 33.1 Å². The lowest BCUT2D eigenvalue weighted by molar-refractivity contribution is -0.140. The molecule has 3 aliphatic rings. The Morgan fingerprint density at radius 3 is 2.62 bits per heavy atom. The molecule has 0 saturated carbocycles. The zero-order valence-corrected chi connectivity index (χ0v) is 15.3. The third-order valence-corrected chi connectivity index (χ3v) is 7.13. The summed E-state index contributed by atoms with van der Waals surface area (Å²) < 4.78 is 31.7. The third-order valence-electron chi connectivity index (χ3n) is 5.12. The van der Waals surface area contributed by atoms with Crippen molar-refractivity contribution in [3.05, 3.63) is 17.0 Å². The van der Waals surface area contributed by atoms with Gasteiger partial charge in [-0.15, -0.1) is 0 Å². The van der Waals surface area contributed by atoms with Gasteiger partial charge in [0.2, 0.25) is 15.9 Å². The van der Waals surface area contributed by atoms with Crippen molar-refractivity contribution in [1.82, 2.24) is 14.4 Å². The van der Waals surface area contributed by atoms with Crippen LogP contribution in [0.15, 0.2) is 4.52 Å². The van der Waals surface area contributed by atoms with Crippen molar-refractivity contribution < 1.29 is 17.7 Å². The zero-order valence-electron chi connectivity index (χ0n) is 14.5. The molecule has 3 fully saturated rings. The van der Waals surface area contributed by atoms with Gasteiger partial charge in [0.1, 0.15) is 5.76 Å². The maximum atomic E-state index is 12.8. The minimum Gasteiger partial charge on any atom is -0.361 e. The maximum Gasteiger partial charge on any atom is 0.227 e. The van der Waals surface area contributed by atoms with Gasteiger partial charge in [0.15, 0.2) is 0 Å². The lowest BCUT2D eigenvalue weighted by Gasteiger charge is -2.36. The molecule has 0 radical (unpaired) electrons. The predicted octanol–water partition coefficient (Wildman–Crippen LogP) is 1.45. The largest absolute Gasteiger partial charge is 0.361 e. The highest BCUT2D eigenvalue weighted by Gasteiger charge is 2.43. The molecular formula is C16H25N3O4S. The number of carbonyl (C=O) groups is 1. The highest BCUT2D eigenvalue weighted by molar-refractivity contribution is 7.89. The van der Waals surface area contributed by atoms with Crippen LogP contribution in [-0.2, 0) is 21.4 Å². The number of carbonyl (C=O) groups excluding carboxylic acids is 1. The second kappa shape index (κ2) is 6.48. The number of piperidine rings is 1. The SMILES string of the molecule is CCCS(=O)(=O)N1C[C@@H]2CC[C@H](C1)N(Cc1c(C)noc1C)C2=O. The topological polar surface area (TPSA) is 83.7 Å². The fraction of sp³-hybridized carbons (Fsp3) is 0.750. The average Bonchev–Trinajstić information content (AvgIpc) is 2.71. The van der Waals surface area contributed by atoms with Crippen LogP contribution >= 0.6 is 0 Å². The summed E-state index contributed by atoms with van der Waals surface area (Å²) in [5.74, 6) is 0.678. The Balaban J connectivity index is 1.85. The first-order valence-electron chi connectivity index (χ1n) is 8.53. The van der Waals surface area contributed by atoms with Crippen LogP contribution in [0.25, 0.3) is 0 Å². The number of amides is 1. The van der Waals surface area contributed by atoms with Crippen LogP contribution in [0, 0.1) is 19.8 Å². The number of rotatable bonds is 5. The highest BCUT2D eigenvalue weighted by atomic mass is 32.2. The van der Waals surface area contributed by atoms with Crippen LogP contribution in [0.2, 0.25) is 0 Å². The van der Waals surface area contributed by atoms with Crippen LogP contribution in [-0.4, -0.2) is 53.6 Å². The monoisotopic (exact) mass is 355 g/mol. The molecule has 1 aromatic heterocycles. The van der Waals surface area contributed by atoms with Crippen molar-refractivity contribution >= 4 is 15.9 Å². The van der Waals surface area contributed by atoms with E-state index >= 15 is 0 Å². The molecule has 2 bridgehead atoms. The molecule has 134 valence electrons. The summed E-state index contributed by atoms with van der Waals surface area (Å²) in [7, 11) is -3.28. The molecule has 0 unspecified atom stereocenters. The van der Waals surface area contributed by atoms with E-state index in [2.05, 4.69) is 5.16 Å². The van der Waals surface area contributed by atoms with Crippen molar-refractivity contribution in [1.29, 1.82) is 0 Å². The van der Waals surface area contributed by atoms with Gasteiger partial charge in [-0.25, -0.2) is 8.42 Å². The summed E-state index contributed by atoms with van der Waals surface area (Å²) in [4.78, 5) is 14.7. The standard InChI is InChI=1S/C16H25N3O4S/c1-4-7-24(21,22)18-8-13-5-6-14(9-18)19(16(13)20)10-15-11(2)17-23-12(15)3/h13-14H,4-10H2,1-3H3/t13-,14+/m0/s1.